The number of nitrogens with one attached hydrogen (secondary N) is 1. The number of thiophene rings is 1. The number of nitrogens with zero attached hydrogens (tertiary/aromatic N) is 1. The minimum absolute atomic E-state index is 0.103. The molecule has 2 heterocycles. The highest BCUT2D eigenvalue weighted by molar-refractivity contribution is 7.17. The largest absolute Gasteiger partial charge is 0.507 e. The van der Waals surface area contributed by atoms with Crippen molar-refractivity contribution in [3.8, 4) is 16.9 Å². The summed E-state index contributed by atoms with van der Waals surface area (Å²) in [6, 6.07) is 11.6. The highest BCUT2D eigenvalue weighted by atomic mass is 35.5. The third kappa shape index (κ3) is 3.20. The van der Waals surface area contributed by atoms with Crippen LogP contribution in [0.4, 0.5) is 0 Å². The van der Waals surface area contributed by atoms with Gasteiger partial charge in [-0.05, 0) is 42.6 Å². The maximum Gasteiger partial charge on any atom is 0.266 e. The number of aromatic hydroxyl groups is 1. The lowest BCUT2D eigenvalue weighted by atomic mass is 9.94. The van der Waals surface area contributed by atoms with Gasteiger partial charge in [-0.15, -0.1) is 11.3 Å². The SMILES string of the molecule is CC(CN(C)C)c1ccc(-c2c(O)cc(Cl)c3[nH]c(=O)c4sccc4c23)cc1. The van der Waals surface area contributed by atoms with E-state index in [1.54, 1.807) is 0 Å². The maximum absolute atomic E-state index is 12.4. The van der Waals surface area contributed by atoms with Gasteiger partial charge >= 0.3 is 0 Å². The van der Waals surface area contributed by atoms with Crippen molar-refractivity contribution in [1.82, 2.24) is 9.88 Å². The summed E-state index contributed by atoms with van der Waals surface area (Å²) in [6.45, 7) is 3.16. The number of halogens is 1. The number of hydrogen-bond donors (Lipinski definition) is 2. The molecular formula is C22H21ClN2O2S. The van der Waals surface area contributed by atoms with Crippen molar-refractivity contribution in [3.05, 3.63) is 62.7 Å². The van der Waals surface area contributed by atoms with Crippen LogP contribution in [0.25, 0.3) is 32.1 Å². The lowest BCUT2D eigenvalue weighted by molar-refractivity contribution is 0.383. The Kier molecular flexibility index (Phi) is 4.91. The molecule has 0 aliphatic heterocycles. The minimum atomic E-state index is -0.163. The number of benzene rings is 2. The van der Waals surface area contributed by atoms with Gasteiger partial charge in [-0.25, -0.2) is 0 Å². The van der Waals surface area contributed by atoms with Crippen molar-refractivity contribution in [2.24, 2.45) is 0 Å². The second-order valence-corrected chi connectivity index (χ2v) is 8.73. The normalized spacial score (nSPS) is 12.9. The summed E-state index contributed by atoms with van der Waals surface area (Å²) in [4.78, 5) is 17.4. The molecule has 4 nitrogen and oxygen atoms in total. The van der Waals surface area contributed by atoms with Gasteiger partial charge in [-0.1, -0.05) is 42.8 Å². The third-order valence-corrected chi connectivity index (χ3v) is 6.26. The lowest BCUT2D eigenvalue weighted by Crippen LogP contribution is -2.18. The van der Waals surface area contributed by atoms with E-state index in [1.165, 1.54) is 23.0 Å². The Morgan fingerprint density at radius 2 is 1.93 bits per heavy atom. The van der Waals surface area contributed by atoms with Gasteiger partial charge in [0.25, 0.3) is 5.56 Å². The number of aromatic amines is 1. The van der Waals surface area contributed by atoms with Crippen LogP contribution in [0.3, 0.4) is 0 Å². The zero-order chi connectivity index (χ0) is 20.0. The van der Waals surface area contributed by atoms with E-state index in [0.717, 1.165) is 22.9 Å². The van der Waals surface area contributed by atoms with Gasteiger partial charge in [0, 0.05) is 28.9 Å². The Morgan fingerprint density at radius 1 is 1.21 bits per heavy atom. The zero-order valence-electron chi connectivity index (χ0n) is 15.9. The second-order valence-electron chi connectivity index (χ2n) is 7.41. The van der Waals surface area contributed by atoms with E-state index < -0.39 is 0 Å². The van der Waals surface area contributed by atoms with Gasteiger partial charge in [0.15, 0.2) is 0 Å². The maximum atomic E-state index is 12.4. The topological polar surface area (TPSA) is 56.3 Å². The molecule has 6 heteroatoms. The molecule has 4 aromatic rings. The second kappa shape index (κ2) is 7.24. The van der Waals surface area contributed by atoms with Crippen LogP contribution in [-0.4, -0.2) is 35.6 Å². The van der Waals surface area contributed by atoms with Gasteiger partial charge in [0.1, 0.15) is 10.4 Å². The first-order chi connectivity index (χ1) is 13.4. The monoisotopic (exact) mass is 412 g/mol. The van der Waals surface area contributed by atoms with Gasteiger partial charge in [-0.3, -0.25) is 4.79 Å². The van der Waals surface area contributed by atoms with E-state index in [1.807, 2.05) is 23.6 Å². The Bertz CT molecular complexity index is 1230. The van der Waals surface area contributed by atoms with Crippen molar-refractivity contribution < 1.29 is 5.11 Å². The van der Waals surface area contributed by atoms with Crippen LogP contribution in [0.15, 0.2) is 46.6 Å². The number of likely N-dealkylation sites (N-methyl/N-ethyl adjacent to an activating group) is 1. The molecule has 2 N–H and O–H groups in total. The van der Waals surface area contributed by atoms with Crippen molar-refractivity contribution in [2.45, 2.75) is 12.8 Å². The van der Waals surface area contributed by atoms with Crippen LogP contribution >= 0.6 is 22.9 Å². The Labute approximate surface area is 172 Å². The van der Waals surface area contributed by atoms with Crippen LogP contribution in [0.2, 0.25) is 5.02 Å². The average Bonchev–Trinajstić information content (AvgIpc) is 3.13. The van der Waals surface area contributed by atoms with Crippen LogP contribution < -0.4 is 5.56 Å². The summed E-state index contributed by atoms with van der Waals surface area (Å²) in [5, 5.41) is 14.5. The average molecular weight is 413 g/mol. The molecule has 0 aliphatic carbocycles. The molecular weight excluding hydrogens is 392 g/mol. The van der Waals surface area contributed by atoms with E-state index in [2.05, 4.69) is 43.0 Å². The summed E-state index contributed by atoms with van der Waals surface area (Å²) in [7, 11) is 4.13. The van der Waals surface area contributed by atoms with Gasteiger partial charge in [0.2, 0.25) is 0 Å². The molecule has 2 aromatic carbocycles. The van der Waals surface area contributed by atoms with E-state index in [0.29, 0.717) is 26.7 Å². The fraction of sp³-hybridized carbons (Fsp3) is 0.227. The van der Waals surface area contributed by atoms with E-state index in [-0.39, 0.29) is 11.3 Å². The lowest BCUT2D eigenvalue weighted by Gasteiger charge is -2.18. The number of phenolic OH excluding ortho intramolecular Hbond substituents is 1. The molecule has 0 aliphatic rings. The highest BCUT2D eigenvalue weighted by Crippen LogP contribution is 2.42. The van der Waals surface area contributed by atoms with Gasteiger partial charge in [0.05, 0.1) is 10.5 Å². The van der Waals surface area contributed by atoms with Crippen LogP contribution in [0.1, 0.15) is 18.4 Å². The molecule has 0 amide bonds. The van der Waals surface area contributed by atoms with Gasteiger partial charge < -0.3 is 15.0 Å². The van der Waals surface area contributed by atoms with Crippen molar-refractivity contribution >= 4 is 43.9 Å². The summed E-state index contributed by atoms with van der Waals surface area (Å²) in [5.74, 6) is 0.505. The number of H-pyrrole nitrogens is 1. The number of pyridine rings is 1. The predicted molar refractivity (Wildman–Crippen MR) is 119 cm³/mol. The molecule has 0 saturated heterocycles. The third-order valence-electron chi connectivity index (χ3n) is 5.05. The Hall–Kier alpha value is -2.34. The van der Waals surface area contributed by atoms with Crippen LogP contribution in [0, 0.1) is 0 Å². The van der Waals surface area contributed by atoms with Crippen molar-refractivity contribution in [3.63, 3.8) is 0 Å². The first kappa shape index (κ1) is 19.0. The molecule has 28 heavy (non-hydrogen) atoms. The molecule has 1 unspecified atom stereocenters. The fourth-order valence-electron chi connectivity index (χ4n) is 3.80. The molecule has 0 radical (unpaired) electrons. The molecule has 144 valence electrons. The zero-order valence-corrected chi connectivity index (χ0v) is 17.5. The Balaban J connectivity index is 1.94. The van der Waals surface area contributed by atoms with Crippen molar-refractivity contribution in [1.29, 1.82) is 0 Å². The summed E-state index contributed by atoms with van der Waals surface area (Å²) in [5.41, 5.74) is 3.20. The minimum Gasteiger partial charge on any atom is -0.507 e. The van der Waals surface area contributed by atoms with E-state index >= 15 is 0 Å². The number of rotatable bonds is 4. The standard InChI is InChI=1S/C22H21ClN2O2S/c1-12(11-25(2)3)13-4-6-14(7-5-13)18-17(26)10-16(23)20-19(18)15-8-9-28-21(15)22(27)24-20/h4-10,12,26H,11H2,1-3H3,(H,24,27). The number of aromatic nitrogens is 1. The molecule has 0 bridgehead atoms. The number of phenols is 1. The molecule has 0 fully saturated rings. The summed E-state index contributed by atoms with van der Waals surface area (Å²) < 4.78 is 0.631. The van der Waals surface area contributed by atoms with Gasteiger partial charge in [-0.2, -0.15) is 0 Å². The first-order valence-electron chi connectivity index (χ1n) is 9.06. The predicted octanol–water partition coefficient (Wildman–Crippen LogP) is 5.43. The molecule has 2 aromatic heterocycles. The number of fused-ring (bicyclic) bond motifs is 3. The van der Waals surface area contributed by atoms with Crippen LogP contribution in [0.5, 0.6) is 5.75 Å². The van der Waals surface area contributed by atoms with E-state index in [9.17, 15) is 9.90 Å². The smallest absolute Gasteiger partial charge is 0.266 e. The molecule has 0 saturated carbocycles. The van der Waals surface area contributed by atoms with Crippen LogP contribution in [-0.2, 0) is 0 Å². The Morgan fingerprint density at radius 3 is 2.61 bits per heavy atom. The van der Waals surface area contributed by atoms with Crippen molar-refractivity contribution in [2.75, 3.05) is 20.6 Å². The molecule has 1 atom stereocenters. The highest BCUT2D eigenvalue weighted by Gasteiger charge is 2.18. The fourth-order valence-corrected chi connectivity index (χ4v) is 4.84. The number of hydrogen-bond acceptors (Lipinski definition) is 4. The first-order valence-corrected chi connectivity index (χ1v) is 10.3. The quantitative estimate of drug-likeness (QED) is 0.469. The summed E-state index contributed by atoms with van der Waals surface area (Å²) >= 11 is 7.73. The van der Waals surface area contributed by atoms with E-state index in [4.69, 9.17) is 11.6 Å². The summed E-state index contributed by atoms with van der Waals surface area (Å²) in [6.07, 6.45) is 0. The molecule has 0 spiro atoms. The molecule has 4 rings (SSSR count).